The van der Waals surface area contributed by atoms with Crippen LogP contribution in [0.2, 0.25) is 0 Å². The monoisotopic (exact) mass is 279 g/mol. The van der Waals surface area contributed by atoms with Crippen molar-refractivity contribution in [3.63, 3.8) is 0 Å². The Balaban J connectivity index is 2.22. The Morgan fingerprint density at radius 1 is 1.45 bits per heavy atom. The van der Waals surface area contributed by atoms with Crippen molar-refractivity contribution in [3.05, 3.63) is 29.1 Å². The average molecular weight is 279 g/mol. The molecule has 1 unspecified atom stereocenters. The van der Waals surface area contributed by atoms with Crippen molar-refractivity contribution in [2.75, 3.05) is 12.8 Å². The summed E-state index contributed by atoms with van der Waals surface area (Å²) in [4.78, 5) is 36.0. The number of imide groups is 1. The van der Waals surface area contributed by atoms with E-state index in [1.54, 1.807) is 0 Å². The molecule has 1 aliphatic heterocycles. The van der Waals surface area contributed by atoms with E-state index in [-0.39, 0.29) is 29.1 Å². The van der Waals surface area contributed by atoms with Gasteiger partial charge in [-0.15, -0.1) is 0 Å². The second kappa shape index (κ2) is 4.92. The van der Waals surface area contributed by atoms with E-state index in [1.165, 1.54) is 26.1 Å². The van der Waals surface area contributed by atoms with Crippen LogP contribution in [0.15, 0.2) is 12.1 Å². The summed E-state index contributed by atoms with van der Waals surface area (Å²) in [7, 11) is 1.34. The fraction of sp³-hybridized carbons (Fsp3) is 0.308. The van der Waals surface area contributed by atoms with Gasteiger partial charge in [-0.25, -0.2) is 4.39 Å². The van der Waals surface area contributed by atoms with E-state index in [4.69, 9.17) is 5.73 Å². The lowest BCUT2D eigenvalue weighted by Crippen LogP contribution is -2.41. The molecule has 1 aromatic carbocycles. The molecule has 1 aromatic rings. The van der Waals surface area contributed by atoms with Crippen molar-refractivity contribution in [2.24, 2.45) is 0 Å². The first-order chi connectivity index (χ1) is 9.31. The summed E-state index contributed by atoms with van der Waals surface area (Å²) in [5, 5.41) is 2.35. The van der Waals surface area contributed by atoms with Crippen molar-refractivity contribution in [1.82, 2.24) is 10.2 Å². The molecule has 1 atom stereocenters. The van der Waals surface area contributed by atoms with E-state index < -0.39 is 23.7 Å². The van der Waals surface area contributed by atoms with Gasteiger partial charge < -0.3 is 11.1 Å². The van der Waals surface area contributed by atoms with Gasteiger partial charge in [0.05, 0.1) is 12.0 Å². The number of nitrogens with two attached hydrogens (primary N) is 1. The second-order valence-corrected chi connectivity index (χ2v) is 4.72. The third-order valence-corrected chi connectivity index (χ3v) is 3.21. The zero-order valence-electron chi connectivity index (χ0n) is 11.1. The molecular formula is C13H14FN3O3. The molecule has 0 saturated carbocycles. The quantitative estimate of drug-likeness (QED) is 0.597. The number of aryl methyl sites for hydroxylation is 1. The third-order valence-electron chi connectivity index (χ3n) is 3.21. The number of anilines is 1. The van der Waals surface area contributed by atoms with Gasteiger partial charge in [-0.05, 0) is 24.6 Å². The van der Waals surface area contributed by atoms with Gasteiger partial charge in [-0.1, -0.05) is 0 Å². The maximum absolute atomic E-state index is 13.9. The van der Waals surface area contributed by atoms with Crippen LogP contribution in [0, 0.1) is 12.7 Å². The van der Waals surface area contributed by atoms with E-state index in [0.29, 0.717) is 0 Å². The highest BCUT2D eigenvalue weighted by Gasteiger charge is 2.37. The van der Waals surface area contributed by atoms with Crippen molar-refractivity contribution < 1.29 is 18.8 Å². The molecular weight excluding hydrogens is 265 g/mol. The highest BCUT2D eigenvalue weighted by molar-refractivity contribution is 6.08. The Kier molecular flexibility index (Phi) is 3.44. The minimum Gasteiger partial charge on any atom is -0.399 e. The number of likely N-dealkylation sites (tertiary alicyclic amines) is 1. The molecule has 3 amide bonds. The number of likely N-dealkylation sites (N-methyl/N-ethyl adjacent to an activating group) is 1. The van der Waals surface area contributed by atoms with E-state index >= 15 is 0 Å². The second-order valence-electron chi connectivity index (χ2n) is 4.72. The van der Waals surface area contributed by atoms with E-state index in [9.17, 15) is 18.8 Å². The SMILES string of the molecule is Cc1cc(N)cc(C(=O)NC2CC(=O)N(C)C2=O)c1F. The van der Waals surface area contributed by atoms with Crippen LogP contribution in [-0.2, 0) is 9.59 Å². The summed E-state index contributed by atoms with van der Waals surface area (Å²) in [6.45, 7) is 1.49. The molecule has 0 bridgehead atoms. The molecule has 1 saturated heterocycles. The fourth-order valence-corrected chi connectivity index (χ4v) is 2.07. The van der Waals surface area contributed by atoms with E-state index in [0.717, 1.165) is 4.90 Å². The topological polar surface area (TPSA) is 92.5 Å². The maximum Gasteiger partial charge on any atom is 0.255 e. The first kappa shape index (κ1) is 14.0. The molecule has 1 heterocycles. The molecule has 2 rings (SSSR count). The number of benzene rings is 1. The van der Waals surface area contributed by atoms with Gasteiger partial charge in [-0.3, -0.25) is 19.3 Å². The van der Waals surface area contributed by atoms with Gasteiger partial charge in [0.2, 0.25) is 5.91 Å². The Hall–Kier alpha value is -2.44. The van der Waals surface area contributed by atoms with Crippen molar-refractivity contribution in [3.8, 4) is 0 Å². The Morgan fingerprint density at radius 2 is 2.10 bits per heavy atom. The average Bonchev–Trinajstić information content (AvgIpc) is 2.61. The fourth-order valence-electron chi connectivity index (χ4n) is 2.07. The number of amides is 3. The number of carbonyl (C=O) groups is 3. The lowest BCUT2D eigenvalue weighted by molar-refractivity contribution is -0.137. The normalized spacial score (nSPS) is 18.6. The van der Waals surface area contributed by atoms with E-state index in [2.05, 4.69) is 5.32 Å². The van der Waals surface area contributed by atoms with Crippen LogP contribution in [-0.4, -0.2) is 35.7 Å². The number of nitrogen functional groups attached to an aromatic ring is 1. The highest BCUT2D eigenvalue weighted by Crippen LogP contribution is 2.18. The van der Waals surface area contributed by atoms with Crippen LogP contribution in [0.4, 0.5) is 10.1 Å². The molecule has 20 heavy (non-hydrogen) atoms. The molecule has 3 N–H and O–H groups in total. The van der Waals surface area contributed by atoms with Gasteiger partial charge >= 0.3 is 0 Å². The van der Waals surface area contributed by atoms with Gasteiger partial charge in [0.15, 0.2) is 0 Å². The van der Waals surface area contributed by atoms with Gasteiger partial charge in [-0.2, -0.15) is 0 Å². The van der Waals surface area contributed by atoms with Crippen LogP contribution >= 0.6 is 0 Å². The number of hydrogen-bond acceptors (Lipinski definition) is 4. The third kappa shape index (κ3) is 2.34. The van der Waals surface area contributed by atoms with Gasteiger partial charge in [0.1, 0.15) is 11.9 Å². The largest absolute Gasteiger partial charge is 0.399 e. The molecule has 0 spiro atoms. The lowest BCUT2D eigenvalue weighted by Gasteiger charge is -2.12. The summed E-state index contributed by atoms with van der Waals surface area (Å²) in [6.07, 6.45) is -0.121. The van der Waals surface area contributed by atoms with Crippen molar-refractivity contribution >= 4 is 23.4 Å². The minimum atomic E-state index is -0.957. The number of halogens is 1. The van der Waals surface area contributed by atoms with Crippen molar-refractivity contribution in [1.29, 1.82) is 0 Å². The summed E-state index contributed by atoms with van der Waals surface area (Å²) in [5.41, 5.74) is 5.82. The van der Waals surface area contributed by atoms with Gasteiger partial charge in [0, 0.05) is 12.7 Å². The predicted molar refractivity (Wildman–Crippen MR) is 69.2 cm³/mol. The summed E-state index contributed by atoms with van der Waals surface area (Å²) >= 11 is 0. The Labute approximate surface area is 114 Å². The summed E-state index contributed by atoms with van der Waals surface area (Å²) < 4.78 is 13.9. The number of rotatable bonds is 2. The minimum absolute atomic E-state index is 0.121. The molecule has 106 valence electrons. The molecule has 0 radical (unpaired) electrons. The Bertz CT molecular complexity index is 615. The predicted octanol–water partition coefficient (Wildman–Crippen LogP) is 0.203. The summed E-state index contributed by atoms with van der Waals surface area (Å²) in [6, 6.07) is 1.65. The van der Waals surface area contributed by atoms with Crippen LogP contribution in [0.5, 0.6) is 0 Å². The Morgan fingerprint density at radius 3 is 2.65 bits per heavy atom. The van der Waals surface area contributed by atoms with Crippen LogP contribution < -0.4 is 11.1 Å². The first-order valence-electron chi connectivity index (χ1n) is 5.98. The van der Waals surface area contributed by atoms with E-state index in [1.807, 2.05) is 0 Å². The smallest absolute Gasteiger partial charge is 0.255 e. The van der Waals surface area contributed by atoms with Crippen LogP contribution in [0.3, 0.4) is 0 Å². The maximum atomic E-state index is 13.9. The standard InChI is InChI=1S/C13H14FN3O3/c1-6-3-7(15)4-8(11(6)14)12(19)16-9-5-10(18)17(2)13(9)20/h3-4,9H,5,15H2,1-2H3,(H,16,19). The first-order valence-corrected chi connectivity index (χ1v) is 5.98. The van der Waals surface area contributed by atoms with Crippen LogP contribution in [0.25, 0.3) is 0 Å². The zero-order valence-corrected chi connectivity index (χ0v) is 11.1. The molecule has 1 fully saturated rings. The summed E-state index contributed by atoms with van der Waals surface area (Å²) in [5.74, 6) is -2.35. The van der Waals surface area contributed by atoms with Gasteiger partial charge in [0.25, 0.3) is 11.8 Å². The highest BCUT2D eigenvalue weighted by atomic mass is 19.1. The van der Waals surface area contributed by atoms with Crippen LogP contribution in [0.1, 0.15) is 22.3 Å². The number of nitrogens with zero attached hydrogens (tertiary/aromatic N) is 1. The van der Waals surface area contributed by atoms with Crippen molar-refractivity contribution in [2.45, 2.75) is 19.4 Å². The molecule has 0 aliphatic carbocycles. The number of hydrogen-bond donors (Lipinski definition) is 2. The molecule has 7 heteroatoms. The molecule has 0 aromatic heterocycles. The molecule has 1 aliphatic rings. The zero-order chi connectivity index (χ0) is 15.0. The lowest BCUT2D eigenvalue weighted by atomic mass is 10.1. The number of nitrogens with one attached hydrogen (secondary N) is 1. The molecule has 6 nitrogen and oxygen atoms in total. The number of carbonyl (C=O) groups excluding carboxylic acids is 3.